The number of aromatic nitrogens is 4. The molecule has 0 aliphatic heterocycles. The molecule has 4 heterocycles. The second-order valence-corrected chi connectivity index (χ2v) is 7.39. The zero-order chi connectivity index (χ0) is 19.3. The highest BCUT2D eigenvalue weighted by Gasteiger charge is 2.15. The average molecular weight is 373 g/mol. The van der Waals surface area contributed by atoms with Gasteiger partial charge in [0, 0.05) is 31.3 Å². The van der Waals surface area contributed by atoms with Crippen LogP contribution >= 0.6 is 0 Å². The number of nitrogens with one attached hydrogen (secondary N) is 2. The molecule has 144 valence electrons. The number of H-pyrrole nitrogens is 2. The molecule has 0 bridgehead atoms. The fourth-order valence-corrected chi connectivity index (χ4v) is 3.82. The van der Waals surface area contributed by atoms with Crippen LogP contribution in [0.4, 0.5) is 0 Å². The molecule has 4 aromatic heterocycles. The van der Waals surface area contributed by atoms with Crippen molar-refractivity contribution < 1.29 is 0 Å². The lowest BCUT2D eigenvalue weighted by atomic mass is 10.2. The van der Waals surface area contributed by atoms with E-state index in [9.17, 15) is 0 Å². The lowest BCUT2D eigenvalue weighted by Gasteiger charge is -2.12. The minimum absolute atomic E-state index is 0.787. The normalized spacial score (nSPS) is 11.2. The Balaban J connectivity index is 1.75. The molecule has 0 radical (unpaired) electrons. The summed E-state index contributed by atoms with van der Waals surface area (Å²) in [6.07, 6.45) is 12.5. The first-order valence-electron chi connectivity index (χ1n) is 10.2. The predicted molar refractivity (Wildman–Crippen MR) is 115 cm³/mol. The van der Waals surface area contributed by atoms with Gasteiger partial charge in [0.2, 0.25) is 0 Å². The standard InChI is InChI=1S/C24H28N4/c1-3-6-18-12-21(26-15-18)23-9-10-24(22-13-19(7-4-2)16-27-22)28(23)17-20-8-5-11-25-14-20/h5,8-16,26-27H,3-4,6-7,17H2,1-2H3. The van der Waals surface area contributed by atoms with Gasteiger partial charge in [-0.2, -0.15) is 0 Å². The predicted octanol–water partition coefficient (Wildman–Crippen LogP) is 5.83. The summed E-state index contributed by atoms with van der Waals surface area (Å²) in [6.45, 7) is 5.22. The van der Waals surface area contributed by atoms with Gasteiger partial charge in [0.25, 0.3) is 0 Å². The first-order chi connectivity index (χ1) is 13.8. The highest BCUT2D eigenvalue weighted by atomic mass is 15.0. The fraction of sp³-hybridized carbons (Fsp3) is 0.292. The van der Waals surface area contributed by atoms with E-state index in [2.05, 4.69) is 76.1 Å². The zero-order valence-corrected chi connectivity index (χ0v) is 16.7. The fourth-order valence-electron chi connectivity index (χ4n) is 3.82. The van der Waals surface area contributed by atoms with E-state index in [4.69, 9.17) is 0 Å². The largest absolute Gasteiger partial charge is 0.360 e. The van der Waals surface area contributed by atoms with Crippen molar-refractivity contribution in [1.82, 2.24) is 19.5 Å². The molecule has 0 aliphatic rings. The molecule has 0 unspecified atom stereocenters. The van der Waals surface area contributed by atoms with Crippen molar-refractivity contribution in [3.05, 3.63) is 77.9 Å². The minimum Gasteiger partial charge on any atom is -0.360 e. The van der Waals surface area contributed by atoms with Crippen molar-refractivity contribution in [3.63, 3.8) is 0 Å². The van der Waals surface area contributed by atoms with Crippen molar-refractivity contribution in [1.29, 1.82) is 0 Å². The van der Waals surface area contributed by atoms with Gasteiger partial charge in [0.15, 0.2) is 0 Å². The van der Waals surface area contributed by atoms with Gasteiger partial charge in [-0.3, -0.25) is 4.98 Å². The molecule has 4 heteroatoms. The van der Waals surface area contributed by atoms with E-state index in [1.54, 1.807) is 0 Å². The Hall–Kier alpha value is -3.01. The molecule has 28 heavy (non-hydrogen) atoms. The lowest BCUT2D eigenvalue weighted by molar-refractivity contribution is 0.813. The van der Waals surface area contributed by atoms with Gasteiger partial charge in [0.1, 0.15) is 0 Å². The third-order valence-corrected chi connectivity index (χ3v) is 5.16. The summed E-state index contributed by atoms with van der Waals surface area (Å²) in [5, 5.41) is 0. The van der Waals surface area contributed by atoms with Crippen LogP contribution in [0, 0.1) is 0 Å². The van der Waals surface area contributed by atoms with Gasteiger partial charge in [-0.15, -0.1) is 0 Å². The van der Waals surface area contributed by atoms with Crippen molar-refractivity contribution in [2.75, 3.05) is 0 Å². The SMILES string of the molecule is CCCc1c[nH]c(-c2ccc(-c3cc(CCC)c[nH]3)n2Cc2cccnc2)c1. The lowest BCUT2D eigenvalue weighted by Crippen LogP contribution is -2.04. The maximum Gasteiger partial charge on any atom is 0.0654 e. The van der Waals surface area contributed by atoms with Crippen LogP contribution in [0.5, 0.6) is 0 Å². The Labute approximate surface area is 166 Å². The molecule has 0 aromatic carbocycles. The van der Waals surface area contributed by atoms with Crippen LogP contribution in [0.1, 0.15) is 43.4 Å². The van der Waals surface area contributed by atoms with E-state index < -0.39 is 0 Å². The summed E-state index contributed by atoms with van der Waals surface area (Å²) < 4.78 is 2.38. The molecular weight excluding hydrogens is 344 g/mol. The van der Waals surface area contributed by atoms with E-state index in [1.807, 2.05) is 18.5 Å². The second kappa shape index (κ2) is 8.34. The average Bonchev–Trinajstić information content (AvgIpc) is 3.43. The second-order valence-electron chi connectivity index (χ2n) is 7.39. The van der Waals surface area contributed by atoms with E-state index in [0.717, 1.165) is 32.2 Å². The summed E-state index contributed by atoms with van der Waals surface area (Å²) in [7, 11) is 0. The topological polar surface area (TPSA) is 49.4 Å². The van der Waals surface area contributed by atoms with Crippen LogP contribution < -0.4 is 0 Å². The van der Waals surface area contributed by atoms with Crippen LogP contribution in [0.3, 0.4) is 0 Å². The Kier molecular flexibility index (Phi) is 5.47. The molecule has 2 N–H and O–H groups in total. The zero-order valence-electron chi connectivity index (χ0n) is 16.7. The van der Waals surface area contributed by atoms with Gasteiger partial charge >= 0.3 is 0 Å². The number of pyridine rings is 1. The molecule has 4 aromatic rings. The van der Waals surface area contributed by atoms with E-state index in [0.29, 0.717) is 0 Å². The molecule has 0 atom stereocenters. The molecule has 0 saturated heterocycles. The summed E-state index contributed by atoms with van der Waals surface area (Å²) >= 11 is 0. The summed E-state index contributed by atoms with van der Waals surface area (Å²) in [6, 6.07) is 13.1. The number of nitrogens with zero attached hydrogens (tertiary/aromatic N) is 2. The quantitative estimate of drug-likeness (QED) is 0.402. The van der Waals surface area contributed by atoms with Crippen molar-refractivity contribution >= 4 is 0 Å². The van der Waals surface area contributed by atoms with Gasteiger partial charge in [-0.25, -0.2) is 0 Å². The van der Waals surface area contributed by atoms with Crippen molar-refractivity contribution in [2.24, 2.45) is 0 Å². The van der Waals surface area contributed by atoms with Crippen molar-refractivity contribution in [3.8, 4) is 22.8 Å². The Morgan fingerprint density at radius 2 is 1.43 bits per heavy atom. The van der Waals surface area contributed by atoms with Crippen LogP contribution in [0.2, 0.25) is 0 Å². The van der Waals surface area contributed by atoms with E-state index in [1.165, 1.54) is 39.5 Å². The molecule has 0 amide bonds. The van der Waals surface area contributed by atoms with Gasteiger partial charge in [0.05, 0.1) is 22.8 Å². The van der Waals surface area contributed by atoms with Crippen LogP contribution in [-0.4, -0.2) is 19.5 Å². The maximum absolute atomic E-state index is 4.30. The summed E-state index contributed by atoms with van der Waals surface area (Å²) in [5.41, 5.74) is 8.65. The molecule has 0 fully saturated rings. The Morgan fingerprint density at radius 3 is 1.93 bits per heavy atom. The van der Waals surface area contributed by atoms with Crippen LogP contribution in [-0.2, 0) is 19.4 Å². The van der Waals surface area contributed by atoms with Gasteiger partial charge < -0.3 is 14.5 Å². The first-order valence-corrected chi connectivity index (χ1v) is 10.2. The molecule has 0 aliphatic carbocycles. The highest BCUT2D eigenvalue weighted by molar-refractivity contribution is 5.67. The van der Waals surface area contributed by atoms with Gasteiger partial charge in [-0.05, 0) is 59.9 Å². The van der Waals surface area contributed by atoms with Gasteiger partial charge in [-0.1, -0.05) is 32.8 Å². The van der Waals surface area contributed by atoms with Crippen LogP contribution in [0.15, 0.2) is 61.2 Å². The Bertz CT molecular complexity index is 958. The molecule has 4 nitrogen and oxygen atoms in total. The third kappa shape index (κ3) is 3.81. The van der Waals surface area contributed by atoms with E-state index in [-0.39, 0.29) is 0 Å². The molecule has 0 saturated carbocycles. The number of hydrogen-bond donors (Lipinski definition) is 2. The molecular formula is C24H28N4. The summed E-state index contributed by atoms with van der Waals surface area (Å²) in [5.74, 6) is 0. The smallest absolute Gasteiger partial charge is 0.0654 e. The number of aromatic amines is 2. The number of aryl methyl sites for hydroxylation is 2. The third-order valence-electron chi connectivity index (χ3n) is 5.16. The molecule has 4 rings (SSSR count). The first kappa shape index (κ1) is 18.4. The summed E-state index contributed by atoms with van der Waals surface area (Å²) in [4.78, 5) is 11.3. The van der Waals surface area contributed by atoms with Crippen LogP contribution in [0.25, 0.3) is 22.8 Å². The Morgan fingerprint density at radius 1 is 0.821 bits per heavy atom. The maximum atomic E-state index is 4.30. The monoisotopic (exact) mass is 372 g/mol. The number of hydrogen-bond acceptors (Lipinski definition) is 1. The highest BCUT2D eigenvalue weighted by Crippen LogP contribution is 2.30. The van der Waals surface area contributed by atoms with Crippen molar-refractivity contribution in [2.45, 2.75) is 46.1 Å². The van der Waals surface area contributed by atoms with E-state index >= 15 is 0 Å². The minimum atomic E-state index is 0.787. The molecule has 0 spiro atoms. The number of rotatable bonds is 8.